The van der Waals surface area contributed by atoms with Gasteiger partial charge in [-0.3, -0.25) is 33.6 Å². The molecular weight excluding hydrogens is 726 g/mol. The molecule has 4 rings (SSSR count). The van der Waals surface area contributed by atoms with E-state index in [4.69, 9.17) is 37.9 Å². The highest BCUT2D eigenvalue weighted by atomic mass is 16.7. The van der Waals surface area contributed by atoms with E-state index in [0.717, 1.165) is 33.3 Å². The average Bonchev–Trinajstić information content (AvgIpc) is 3.10. The molecule has 0 unspecified atom stereocenters. The summed E-state index contributed by atoms with van der Waals surface area (Å²) in [4.78, 5) is 85.9. The third-order valence-corrected chi connectivity index (χ3v) is 7.56. The Labute approximate surface area is 314 Å². The number of amides is 1. The number of hydrogen-bond acceptors (Lipinski definition) is 15. The second-order valence-electron chi connectivity index (χ2n) is 12.1. The Bertz CT molecular complexity index is 1910. The van der Waals surface area contributed by atoms with Crippen molar-refractivity contribution in [3.63, 3.8) is 0 Å². The van der Waals surface area contributed by atoms with Crippen molar-refractivity contribution in [3.8, 4) is 17.2 Å². The van der Waals surface area contributed by atoms with Gasteiger partial charge in [0.25, 0.3) is 5.91 Å². The molecule has 1 saturated heterocycles. The van der Waals surface area contributed by atoms with Gasteiger partial charge in [0.05, 0.1) is 12.0 Å². The number of nitrogens with one attached hydrogen (secondary N) is 1. The van der Waals surface area contributed by atoms with Crippen molar-refractivity contribution in [2.45, 2.75) is 78.4 Å². The summed E-state index contributed by atoms with van der Waals surface area (Å²) in [6, 6.07) is 17.3. The van der Waals surface area contributed by atoms with Crippen LogP contribution in [0.4, 0.5) is 5.69 Å². The molecule has 1 heterocycles. The monoisotopic (exact) mass is 765 g/mol. The van der Waals surface area contributed by atoms with E-state index < -0.39 is 85.5 Å². The molecule has 1 amide bonds. The SMILES string of the molecule is CC(=O)OC[C@H]1O[C@@H](Oc2ccc(OCc3ccccc3)cc2C(=O)Nc2ccc(OC(C)=O)cc2CC(=O)O)[C@H](OC(C)=O)[C@@H](OC(C)=O)[C@@H]1OC(C)=O. The highest BCUT2D eigenvalue weighted by molar-refractivity contribution is 6.07. The van der Waals surface area contributed by atoms with Crippen molar-refractivity contribution in [2.75, 3.05) is 11.9 Å². The number of carboxylic acids is 1. The van der Waals surface area contributed by atoms with Crippen molar-refractivity contribution < 1.29 is 76.6 Å². The summed E-state index contributed by atoms with van der Waals surface area (Å²) in [6.07, 6.45) is -8.20. The highest BCUT2D eigenvalue weighted by Crippen LogP contribution is 2.34. The van der Waals surface area contributed by atoms with Gasteiger partial charge in [-0.15, -0.1) is 0 Å². The standard InChI is InChI=1S/C38H39NO16/c1-20(40)48-19-32-34(51-22(3)42)35(52-23(4)43)36(53-24(5)44)38(55-32)54-31-14-12-27(49-18-25-9-7-6-8-10-25)17-29(31)37(47)39-30-13-11-28(50-21(2)41)15-26(30)16-33(45)46/h6-15,17,32,34-36,38H,16,18-19H2,1-5H3,(H,39,47)(H,45,46)/t32-,34-,35+,36-,38-/m1/s1. The van der Waals surface area contributed by atoms with Gasteiger partial charge in [-0.05, 0) is 47.5 Å². The predicted molar refractivity (Wildman–Crippen MR) is 187 cm³/mol. The lowest BCUT2D eigenvalue weighted by Gasteiger charge is -2.44. The molecule has 3 aromatic rings. The predicted octanol–water partition coefficient (Wildman–Crippen LogP) is 3.53. The molecule has 1 fully saturated rings. The van der Waals surface area contributed by atoms with Crippen molar-refractivity contribution in [3.05, 3.63) is 83.4 Å². The first kappa shape index (κ1) is 41.3. The average molecular weight is 766 g/mol. The van der Waals surface area contributed by atoms with Crippen LogP contribution in [0.1, 0.15) is 56.1 Å². The maximum atomic E-state index is 14.1. The van der Waals surface area contributed by atoms with Crippen molar-refractivity contribution >= 4 is 47.4 Å². The molecule has 2 N–H and O–H groups in total. The first-order chi connectivity index (χ1) is 26.1. The van der Waals surface area contributed by atoms with Gasteiger partial charge in [0.15, 0.2) is 12.2 Å². The smallest absolute Gasteiger partial charge is 0.308 e. The molecule has 55 heavy (non-hydrogen) atoms. The number of rotatable bonds is 15. The van der Waals surface area contributed by atoms with Crippen LogP contribution < -0.4 is 19.5 Å². The normalized spacial score (nSPS) is 18.8. The number of ether oxygens (including phenoxy) is 8. The summed E-state index contributed by atoms with van der Waals surface area (Å²) in [5.41, 5.74) is 0.775. The molecule has 3 aromatic carbocycles. The van der Waals surface area contributed by atoms with E-state index >= 15 is 0 Å². The van der Waals surface area contributed by atoms with Gasteiger partial charge in [-0.2, -0.15) is 0 Å². The zero-order valence-electron chi connectivity index (χ0n) is 30.4. The summed E-state index contributed by atoms with van der Waals surface area (Å²) < 4.78 is 44.8. The van der Waals surface area contributed by atoms with Crippen LogP contribution in [0.25, 0.3) is 0 Å². The molecule has 0 bridgehead atoms. The van der Waals surface area contributed by atoms with Crippen molar-refractivity contribution in [1.29, 1.82) is 0 Å². The fraction of sp³-hybridized carbons (Fsp3) is 0.342. The number of benzene rings is 3. The van der Waals surface area contributed by atoms with Crippen LogP contribution in [0, 0.1) is 0 Å². The Kier molecular flexibility index (Phi) is 14.3. The van der Waals surface area contributed by atoms with E-state index in [2.05, 4.69) is 5.32 Å². The summed E-state index contributed by atoms with van der Waals surface area (Å²) >= 11 is 0. The zero-order chi connectivity index (χ0) is 40.2. The van der Waals surface area contributed by atoms with Crippen molar-refractivity contribution in [2.24, 2.45) is 0 Å². The Morgan fingerprint density at radius 1 is 0.709 bits per heavy atom. The van der Waals surface area contributed by atoms with Gasteiger partial charge in [0, 0.05) is 40.3 Å². The molecule has 292 valence electrons. The Hall–Kier alpha value is -6.49. The van der Waals surface area contributed by atoms with Crippen LogP contribution in [-0.2, 0) is 65.5 Å². The second kappa shape index (κ2) is 19.0. The second-order valence-corrected chi connectivity index (χ2v) is 12.1. The lowest BCUT2D eigenvalue weighted by molar-refractivity contribution is -0.288. The maximum absolute atomic E-state index is 14.1. The summed E-state index contributed by atoms with van der Waals surface area (Å²) in [5.74, 6) is -5.93. The van der Waals surface area contributed by atoms with Crippen LogP contribution in [-0.4, -0.2) is 84.1 Å². The zero-order valence-corrected chi connectivity index (χ0v) is 30.4. The fourth-order valence-electron chi connectivity index (χ4n) is 5.45. The van der Waals surface area contributed by atoms with Crippen LogP contribution in [0.5, 0.6) is 17.2 Å². The Morgan fingerprint density at radius 2 is 1.35 bits per heavy atom. The molecule has 17 nitrogen and oxygen atoms in total. The molecule has 0 aliphatic carbocycles. The van der Waals surface area contributed by atoms with Crippen LogP contribution >= 0.6 is 0 Å². The van der Waals surface area contributed by atoms with Crippen LogP contribution in [0.15, 0.2) is 66.7 Å². The first-order valence-corrected chi connectivity index (χ1v) is 16.7. The van der Waals surface area contributed by atoms with Gasteiger partial charge >= 0.3 is 35.8 Å². The van der Waals surface area contributed by atoms with E-state index in [1.165, 1.54) is 43.3 Å². The van der Waals surface area contributed by atoms with Crippen LogP contribution in [0.3, 0.4) is 0 Å². The molecule has 17 heteroatoms. The lowest BCUT2D eigenvalue weighted by Crippen LogP contribution is -2.63. The molecule has 0 spiro atoms. The Morgan fingerprint density at radius 3 is 1.96 bits per heavy atom. The van der Waals surface area contributed by atoms with Gasteiger partial charge in [-0.1, -0.05) is 30.3 Å². The third kappa shape index (κ3) is 12.3. The van der Waals surface area contributed by atoms with E-state index in [1.54, 1.807) is 0 Å². The number of carbonyl (C=O) groups is 7. The number of anilines is 1. The number of hydrogen-bond donors (Lipinski definition) is 2. The van der Waals surface area contributed by atoms with Gasteiger partial charge in [0.1, 0.15) is 36.6 Å². The molecular formula is C38H39NO16. The molecule has 5 atom stereocenters. The first-order valence-electron chi connectivity index (χ1n) is 16.7. The largest absolute Gasteiger partial charge is 0.489 e. The van der Waals surface area contributed by atoms with E-state index in [9.17, 15) is 38.7 Å². The fourth-order valence-corrected chi connectivity index (χ4v) is 5.45. The molecule has 0 radical (unpaired) electrons. The molecule has 1 aliphatic rings. The maximum Gasteiger partial charge on any atom is 0.308 e. The summed E-state index contributed by atoms with van der Waals surface area (Å²) in [5, 5.41) is 12.2. The minimum atomic E-state index is -1.69. The quantitative estimate of drug-likeness (QED) is 0.128. The number of aliphatic carboxylic acids is 1. The number of carbonyl (C=O) groups excluding carboxylic acids is 6. The molecule has 1 aliphatic heterocycles. The highest BCUT2D eigenvalue weighted by Gasteiger charge is 2.53. The topological polar surface area (TPSA) is 226 Å². The molecule has 0 saturated carbocycles. The van der Waals surface area contributed by atoms with Gasteiger partial charge in [0.2, 0.25) is 12.4 Å². The Balaban J connectivity index is 1.78. The van der Waals surface area contributed by atoms with Gasteiger partial charge in [-0.25, -0.2) is 0 Å². The minimum Gasteiger partial charge on any atom is -0.489 e. The van der Waals surface area contributed by atoms with Gasteiger partial charge < -0.3 is 48.3 Å². The minimum absolute atomic E-state index is 0.0470. The lowest BCUT2D eigenvalue weighted by atomic mass is 9.98. The number of carboxylic acid groups (broad SMARTS) is 1. The number of esters is 5. The van der Waals surface area contributed by atoms with Crippen molar-refractivity contribution in [1.82, 2.24) is 0 Å². The van der Waals surface area contributed by atoms with E-state index in [-0.39, 0.29) is 40.7 Å². The summed E-state index contributed by atoms with van der Waals surface area (Å²) in [7, 11) is 0. The molecule has 0 aromatic heterocycles. The van der Waals surface area contributed by atoms with E-state index in [1.807, 2.05) is 30.3 Å². The van der Waals surface area contributed by atoms with Crippen LogP contribution in [0.2, 0.25) is 0 Å². The third-order valence-electron chi connectivity index (χ3n) is 7.56. The summed E-state index contributed by atoms with van der Waals surface area (Å²) in [6.45, 7) is 5.10. The van der Waals surface area contributed by atoms with E-state index in [0.29, 0.717) is 0 Å².